The Morgan fingerprint density at radius 3 is 2.68 bits per heavy atom. The second-order valence-corrected chi connectivity index (χ2v) is 9.82. The van der Waals surface area contributed by atoms with E-state index in [0.29, 0.717) is 30.0 Å². The van der Waals surface area contributed by atoms with Gasteiger partial charge in [-0.3, -0.25) is 14.9 Å². The average Bonchev–Trinajstić information content (AvgIpc) is 3.36. The molecule has 2 amide bonds. The standard InChI is InChI=1S/C23H28F2N4O4S/c1-12(2)20-26-23(34-28-20)27-21(31)13(3)29-10-16(9-19(29)30)15-6-7-17(33-22(24)25)18(8-15)32-11-14-4-5-14/h6-8,12-14,16,22H,4-5,9-11H2,1-3H3,(H,26,27,28,31). The molecule has 2 fully saturated rings. The van der Waals surface area contributed by atoms with Crippen LogP contribution in [0.15, 0.2) is 18.2 Å². The van der Waals surface area contributed by atoms with Crippen molar-refractivity contribution in [3.05, 3.63) is 29.6 Å². The summed E-state index contributed by atoms with van der Waals surface area (Å²) >= 11 is 1.11. The number of ether oxygens (including phenoxy) is 2. The van der Waals surface area contributed by atoms with Gasteiger partial charge in [0.15, 0.2) is 11.5 Å². The van der Waals surface area contributed by atoms with Gasteiger partial charge in [0, 0.05) is 36.3 Å². The Kier molecular flexibility index (Phi) is 7.30. The predicted octanol–water partition coefficient (Wildman–Crippen LogP) is 4.39. The summed E-state index contributed by atoms with van der Waals surface area (Å²) in [5.74, 6) is 0.789. The maximum Gasteiger partial charge on any atom is 0.387 e. The van der Waals surface area contributed by atoms with Crippen LogP contribution < -0.4 is 14.8 Å². The van der Waals surface area contributed by atoms with E-state index in [1.165, 1.54) is 11.0 Å². The summed E-state index contributed by atoms with van der Waals surface area (Å²) in [4.78, 5) is 31.3. The van der Waals surface area contributed by atoms with E-state index in [0.717, 1.165) is 29.9 Å². The van der Waals surface area contributed by atoms with E-state index in [2.05, 4.69) is 19.4 Å². The maximum absolute atomic E-state index is 12.8. The second-order valence-electron chi connectivity index (χ2n) is 9.06. The van der Waals surface area contributed by atoms with Crippen molar-refractivity contribution in [2.24, 2.45) is 5.92 Å². The first-order valence-corrected chi connectivity index (χ1v) is 12.1. The largest absolute Gasteiger partial charge is 0.489 e. The molecule has 2 aromatic rings. The highest BCUT2D eigenvalue weighted by atomic mass is 32.1. The molecule has 0 radical (unpaired) electrons. The zero-order valence-electron chi connectivity index (χ0n) is 19.3. The number of alkyl halides is 2. The van der Waals surface area contributed by atoms with Gasteiger partial charge in [0.1, 0.15) is 11.9 Å². The molecule has 11 heteroatoms. The van der Waals surface area contributed by atoms with Crippen molar-refractivity contribution in [3.63, 3.8) is 0 Å². The number of rotatable bonds is 10. The summed E-state index contributed by atoms with van der Waals surface area (Å²) in [5.41, 5.74) is 0.779. The minimum atomic E-state index is -2.96. The first-order valence-electron chi connectivity index (χ1n) is 11.4. The van der Waals surface area contributed by atoms with Crippen molar-refractivity contribution < 1.29 is 27.8 Å². The zero-order chi connectivity index (χ0) is 24.4. The third-order valence-corrected chi connectivity index (χ3v) is 6.66. The lowest BCUT2D eigenvalue weighted by atomic mass is 9.98. The Morgan fingerprint density at radius 2 is 2.03 bits per heavy atom. The number of aromatic nitrogens is 2. The van der Waals surface area contributed by atoms with Gasteiger partial charge < -0.3 is 14.4 Å². The molecule has 2 atom stereocenters. The van der Waals surface area contributed by atoms with Crippen LogP contribution in [0.5, 0.6) is 11.5 Å². The molecule has 1 saturated heterocycles. The SMILES string of the molecule is CC(C)c1nsc(NC(=O)C(C)N2CC(c3ccc(OC(F)F)c(OCC4CC4)c3)CC2=O)n1. The van der Waals surface area contributed by atoms with Crippen LogP contribution in [0.4, 0.5) is 13.9 Å². The van der Waals surface area contributed by atoms with Crippen molar-refractivity contribution in [2.45, 2.75) is 64.5 Å². The summed E-state index contributed by atoms with van der Waals surface area (Å²) in [6, 6.07) is 4.09. The molecule has 2 unspecified atom stereocenters. The Balaban J connectivity index is 1.43. The number of anilines is 1. The van der Waals surface area contributed by atoms with Crippen molar-refractivity contribution >= 4 is 28.5 Å². The van der Waals surface area contributed by atoms with Gasteiger partial charge in [0.05, 0.1) is 6.61 Å². The lowest BCUT2D eigenvalue weighted by Crippen LogP contribution is -2.42. The zero-order valence-corrected chi connectivity index (χ0v) is 20.1. The Morgan fingerprint density at radius 1 is 1.26 bits per heavy atom. The van der Waals surface area contributed by atoms with Crippen LogP contribution in [-0.2, 0) is 9.59 Å². The molecular weight excluding hydrogens is 466 g/mol. The molecular formula is C23H28F2N4O4S. The molecule has 1 aromatic heterocycles. The fourth-order valence-corrected chi connectivity index (χ4v) is 4.49. The number of hydrogen-bond donors (Lipinski definition) is 1. The van der Waals surface area contributed by atoms with Crippen molar-refractivity contribution in [2.75, 3.05) is 18.5 Å². The lowest BCUT2D eigenvalue weighted by molar-refractivity contribution is -0.134. The first-order chi connectivity index (χ1) is 16.2. The number of hydrogen-bond acceptors (Lipinski definition) is 7. The fourth-order valence-electron chi connectivity index (χ4n) is 3.78. The van der Waals surface area contributed by atoms with Crippen LogP contribution in [0, 0.1) is 5.92 Å². The number of amides is 2. The van der Waals surface area contributed by atoms with Crippen LogP contribution in [0.25, 0.3) is 0 Å². The van der Waals surface area contributed by atoms with E-state index in [4.69, 9.17) is 4.74 Å². The maximum atomic E-state index is 12.8. The molecule has 0 spiro atoms. The Bertz CT molecular complexity index is 1040. The molecule has 184 valence electrons. The van der Waals surface area contributed by atoms with Crippen molar-refractivity contribution in [3.8, 4) is 11.5 Å². The number of carbonyl (C=O) groups excluding carboxylic acids is 2. The van der Waals surface area contributed by atoms with Gasteiger partial charge in [-0.15, -0.1) is 0 Å². The molecule has 4 rings (SSSR count). The molecule has 34 heavy (non-hydrogen) atoms. The molecule has 1 saturated carbocycles. The molecule has 0 bridgehead atoms. The van der Waals surface area contributed by atoms with Crippen LogP contribution in [0.1, 0.15) is 63.3 Å². The van der Waals surface area contributed by atoms with E-state index in [1.807, 2.05) is 13.8 Å². The van der Waals surface area contributed by atoms with Crippen LogP contribution in [-0.4, -0.2) is 51.9 Å². The molecule has 1 N–H and O–H groups in total. The number of likely N-dealkylation sites (tertiary alicyclic amines) is 1. The monoisotopic (exact) mass is 494 g/mol. The molecule has 1 aliphatic carbocycles. The van der Waals surface area contributed by atoms with E-state index in [9.17, 15) is 18.4 Å². The number of benzene rings is 1. The number of nitrogens with zero attached hydrogens (tertiary/aromatic N) is 3. The van der Waals surface area contributed by atoms with E-state index in [-0.39, 0.29) is 41.6 Å². The summed E-state index contributed by atoms with van der Waals surface area (Å²) in [6.07, 6.45) is 2.34. The van der Waals surface area contributed by atoms with Gasteiger partial charge in [0.25, 0.3) is 0 Å². The number of carbonyl (C=O) groups is 2. The number of halogens is 2. The van der Waals surface area contributed by atoms with Crippen molar-refractivity contribution in [1.29, 1.82) is 0 Å². The highest BCUT2D eigenvalue weighted by Crippen LogP contribution is 2.38. The highest BCUT2D eigenvalue weighted by Gasteiger charge is 2.37. The minimum Gasteiger partial charge on any atom is -0.489 e. The smallest absolute Gasteiger partial charge is 0.387 e. The van der Waals surface area contributed by atoms with Gasteiger partial charge in [-0.1, -0.05) is 19.9 Å². The van der Waals surface area contributed by atoms with E-state index >= 15 is 0 Å². The van der Waals surface area contributed by atoms with Gasteiger partial charge >= 0.3 is 6.61 Å². The quantitative estimate of drug-likeness (QED) is 0.526. The van der Waals surface area contributed by atoms with Gasteiger partial charge in [-0.25, -0.2) is 4.98 Å². The second kappa shape index (κ2) is 10.2. The topological polar surface area (TPSA) is 93.7 Å². The predicted molar refractivity (Wildman–Crippen MR) is 122 cm³/mol. The molecule has 1 aliphatic heterocycles. The van der Waals surface area contributed by atoms with E-state index in [1.54, 1.807) is 19.1 Å². The summed E-state index contributed by atoms with van der Waals surface area (Å²) < 4.78 is 40.2. The number of nitrogens with one attached hydrogen (secondary N) is 1. The van der Waals surface area contributed by atoms with Crippen LogP contribution in [0.2, 0.25) is 0 Å². The Labute approximate surface area is 200 Å². The first kappa shape index (κ1) is 24.3. The van der Waals surface area contributed by atoms with E-state index < -0.39 is 12.7 Å². The molecule has 2 aliphatic rings. The molecule has 8 nitrogen and oxygen atoms in total. The van der Waals surface area contributed by atoms with Gasteiger partial charge in [0.2, 0.25) is 16.9 Å². The summed E-state index contributed by atoms with van der Waals surface area (Å²) in [5, 5.41) is 3.14. The summed E-state index contributed by atoms with van der Waals surface area (Å²) in [7, 11) is 0. The summed E-state index contributed by atoms with van der Waals surface area (Å²) in [6.45, 7) is 3.42. The van der Waals surface area contributed by atoms with Crippen molar-refractivity contribution in [1.82, 2.24) is 14.3 Å². The van der Waals surface area contributed by atoms with Crippen LogP contribution >= 0.6 is 11.5 Å². The van der Waals surface area contributed by atoms with Gasteiger partial charge in [-0.05, 0) is 43.4 Å². The van der Waals surface area contributed by atoms with Gasteiger partial charge in [-0.2, -0.15) is 13.2 Å². The highest BCUT2D eigenvalue weighted by molar-refractivity contribution is 7.09. The third kappa shape index (κ3) is 5.81. The normalized spacial score (nSPS) is 19.1. The average molecular weight is 495 g/mol. The fraction of sp³-hybridized carbons (Fsp3) is 0.565. The molecule has 2 heterocycles. The molecule has 1 aromatic carbocycles. The lowest BCUT2D eigenvalue weighted by Gasteiger charge is -2.23. The minimum absolute atomic E-state index is 0.0221. The Hall–Kier alpha value is -2.82. The third-order valence-electron chi connectivity index (χ3n) is 6.02. The van der Waals surface area contributed by atoms with Crippen LogP contribution in [0.3, 0.4) is 0 Å².